The Morgan fingerprint density at radius 2 is 1.95 bits per heavy atom. The van der Waals surface area contributed by atoms with Crippen LogP contribution in [0.4, 0.5) is 5.69 Å². The zero-order chi connectivity index (χ0) is 15.0. The van der Waals surface area contributed by atoms with Crippen molar-refractivity contribution in [3.8, 4) is 0 Å². The predicted octanol–water partition coefficient (Wildman–Crippen LogP) is 1.79. The monoisotopic (exact) mass is 285 g/mol. The molecule has 0 unspecified atom stereocenters. The first-order valence-electron chi connectivity index (χ1n) is 6.65. The van der Waals surface area contributed by atoms with Gasteiger partial charge in [0.2, 0.25) is 0 Å². The predicted molar refractivity (Wildman–Crippen MR) is 76.2 cm³/mol. The largest absolute Gasteiger partial charge is 0.481 e. The van der Waals surface area contributed by atoms with Crippen LogP contribution in [0, 0.1) is 0 Å². The number of benzene rings is 1. The van der Waals surface area contributed by atoms with Gasteiger partial charge in [0.05, 0.1) is 17.2 Å². The molecule has 6 nitrogen and oxygen atoms in total. The summed E-state index contributed by atoms with van der Waals surface area (Å²) in [5, 5.41) is 15.9. The molecule has 1 amide bonds. The van der Waals surface area contributed by atoms with Gasteiger partial charge < -0.3 is 10.4 Å². The molecule has 1 aliphatic rings. The number of carbonyl (C=O) groups is 2. The number of aliphatic carboxylic acids is 1. The summed E-state index contributed by atoms with van der Waals surface area (Å²) in [5.74, 6) is -1.02. The lowest BCUT2D eigenvalue weighted by Gasteiger charge is -2.11. The van der Waals surface area contributed by atoms with Gasteiger partial charge in [0.15, 0.2) is 0 Å². The minimum absolute atomic E-state index is 0.241. The fraction of sp³-hybridized carbons (Fsp3) is 0.267. The third-order valence-electron chi connectivity index (χ3n) is 3.82. The first-order valence-corrected chi connectivity index (χ1v) is 6.65. The van der Waals surface area contributed by atoms with Gasteiger partial charge in [-0.05, 0) is 30.5 Å². The van der Waals surface area contributed by atoms with E-state index in [0.717, 1.165) is 5.56 Å². The number of anilines is 1. The summed E-state index contributed by atoms with van der Waals surface area (Å²) in [4.78, 5) is 23.2. The third-order valence-corrected chi connectivity index (χ3v) is 3.82. The van der Waals surface area contributed by atoms with E-state index >= 15 is 0 Å². The molecule has 1 aromatic carbocycles. The number of aryl methyl sites for hydroxylation is 1. The molecule has 0 radical (unpaired) electrons. The fourth-order valence-corrected chi connectivity index (χ4v) is 2.37. The van der Waals surface area contributed by atoms with Crippen LogP contribution in [0.3, 0.4) is 0 Å². The number of rotatable bonds is 4. The van der Waals surface area contributed by atoms with Crippen molar-refractivity contribution in [3.63, 3.8) is 0 Å². The lowest BCUT2D eigenvalue weighted by atomic mass is 9.96. The molecular formula is C15H15N3O3. The molecule has 108 valence electrons. The fourth-order valence-electron chi connectivity index (χ4n) is 2.37. The van der Waals surface area contributed by atoms with Gasteiger partial charge in [-0.1, -0.05) is 12.1 Å². The second kappa shape index (κ2) is 4.73. The Labute approximate surface area is 121 Å². The van der Waals surface area contributed by atoms with E-state index in [0.29, 0.717) is 24.1 Å². The Balaban J connectivity index is 1.73. The third kappa shape index (κ3) is 2.40. The Hall–Kier alpha value is -2.63. The van der Waals surface area contributed by atoms with Crippen LogP contribution in [0.15, 0.2) is 36.7 Å². The van der Waals surface area contributed by atoms with E-state index in [2.05, 4.69) is 10.4 Å². The minimum Gasteiger partial charge on any atom is -0.481 e. The lowest BCUT2D eigenvalue weighted by molar-refractivity contribution is -0.140. The highest BCUT2D eigenvalue weighted by Crippen LogP contribution is 2.48. The summed E-state index contributed by atoms with van der Waals surface area (Å²) in [6, 6.07) is 6.99. The van der Waals surface area contributed by atoms with Crippen molar-refractivity contribution in [3.05, 3.63) is 47.8 Å². The zero-order valence-electron chi connectivity index (χ0n) is 11.5. The molecule has 21 heavy (non-hydrogen) atoms. The summed E-state index contributed by atoms with van der Waals surface area (Å²) in [6.07, 6.45) is 4.47. The number of hydrogen-bond acceptors (Lipinski definition) is 3. The van der Waals surface area contributed by atoms with Crippen LogP contribution >= 0.6 is 0 Å². The van der Waals surface area contributed by atoms with Crippen LogP contribution in [-0.4, -0.2) is 26.8 Å². The highest BCUT2D eigenvalue weighted by atomic mass is 16.4. The lowest BCUT2D eigenvalue weighted by Crippen LogP contribution is -2.19. The van der Waals surface area contributed by atoms with Crippen LogP contribution in [0.2, 0.25) is 0 Å². The van der Waals surface area contributed by atoms with Gasteiger partial charge in [0.25, 0.3) is 5.91 Å². The molecule has 1 saturated carbocycles. The quantitative estimate of drug-likeness (QED) is 0.897. The normalized spacial score (nSPS) is 15.5. The standard InChI is InChI=1S/C15H15N3O3/c1-18-9-10(8-16-18)13(19)17-12-4-2-11(3-5-12)15(6-7-15)14(20)21/h2-5,8-9H,6-7H2,1H3,(H,17,19)(H,20,21). The Morgan fingerprint density at radius 1 is 1.29 bits per heavy atom. The molecule has 6 heteroatoms. The second-order valence-electron chi connectivity index (χ2n) is 5.32. The van der Waals surface area contributed by atoms with E-state index in [1.807, 2.05) is 0 Å². The van der Waals surface area contributed by atoms with Crippen molar-refractivity contribution < 1.29 is 14.7 Å². The summed E-state index contributed by atoms with van der Waals surface area (Å²) in [6.45, 7) is 0. The molecule has 1 fully saturated rings. The van der Waals surface area contributed by atoms with Gasteiger partial charge in [0, 0.05) is 18.9 Å². The van der Waals surface area contributed by atoms with Gasteiger partial charge in [-0.3, -0.25) is 14.3 Å². The van der Waals surface area contributed by atoms with E-state index in [9.17, 15) is 14.7 Å². The minimum atomic E-state index is -0.783. The Bertz CT molecular complexity index is 699. The van der Waals surface area contributed by atoms with Crippen LogP contribution in [-0.2, 0) is 17.3 Å². The molecule has 0 saturated heterocycles. The number of carbonyl (C=O) groups excluding carboxylic acids is 1. The van der Waals surface area contributed by atoms with E-state index in [4.69, 9.17) is 0 Å². The van der Waals surface area contributed by atoms with Gasteiger partial charge >= 0.3 is 5.97 Å². The summed E-state index contributed by atoms with van der Waals surface area (Å²) < 4.78 is 1.56. The molecule has 0 atom stereocenters. The number of amides is 1. The molecule has 1 heterocycles. The van der Waals surface area contributed by atoms with Crippen molar-refractivity contribution in [1.82, 2.24) is 9.78 Å². The van der Waals surface area contributed by atoms with Crippen LogP contribution in [0.1, 0.15) is 28.8 Å². The first-order chi connectivity index (χ1) is 10.0. The molecule has 2 N–H and O–H groups in total. The van der Waals surface area contributed by atoms with Crippen LogP contribution in [0.5, 0.6) is 0 Å². The maximum absolute atomic E-state index is 12.0. The number of carboxylic acids is 1. The van der Waals surface area contributed by atoms with Gasteiger partial charge in [0.1, 0.15) is 0 Å². The van der Waals surface area contributed by atoms with Crippen molar-refractivity contribution in [1.29, 1.82) is 0 Å². The number of hydrogen-bond donors (Lipinski definition) is 2. The highest BCUT2D eigenvalue weighted by molar-refractivity contribution is 6.03. The van der Waals surface area contributed by atoms with Gasteiger partial charge in [-0.2, -0.15) is 5.10 Å². The molecule has 2 aromatic rings. The van der Waals surface area contributed by atoms with Gasteiger partial charge in [-0.25, -0.2) is 0 Å². The van der Waals surface area contributed by atoms with E-state index in [-0.39, 0.29) is 5.91 Å². The molecular weight excluding hydrogens is 270 g/mol. The van der Waals surface area contributed by atoms with Crippen molar-refractivity contribution >= 4 is 17.6 Å². The number of nitrogens with one attached hydrogen (secondary N) is 1. The average molecular weight is 285 g/mol. The molecule has 1 aromatic heterocycles. The maximum atomic E-state index is 12.0. The molecule has 0 spiro atoms. The summed E-state index contributed by atoms with van der Waals surface area (Å²) in [7, 11) is 1.74. The molecule has 0 bridgehead atoms. The smallest absolute Gasteiger partial charge is 0.314 e. The van der Waals surface area contributed by atoms with Crippen molar-refractivity contribution in [2.45, 2.75) is 18.3 Å². The van der Waals surface area contributed by atoms with E-state index in [1.54, 1.807) is 42.2 Å². The van der Waals surface area contributed by atoms with E-state index in [1.165, 1.54) is 6.20 Å². The average Bonchev–Trinajstić information content (AvgIpc) is 3.16. The summed E-state index contributed by atoms with van der Waals surface area (Å²) in [5.41, 5.74) is 1.18. The SMILES string of the molecule is Cn1cc(C(=O)Nc2ccc(C3(C(=O)O)CC3)cc2)cn1. The maximum Gasteiger partial charge on any atom is 0.314 e. The molecule has 1 aliphatic carbocycles. The first kappa shape index (κ1) is 13.4. The van der Waals surface area contributed by atoms with Crippen molar-refractivity contribution in [2.24, 2.45) is 7.05 Å². The van der Waals surface area contributed by atoms with Crippen LogP contribution in [0.25, 0.3) is 0 Å². The number of carboxylic acid groups (broad SMARTS) is 1. The topological polar surface area (TPSA) is 84.2 Å². The molecule has 0 aliphatic heterocycles. The number of aromatic nitrogens is 2. The van der Waals surface area contributed by atoms with Gasteiger partial charge in [-0.15, -0.1) is 0 Å². The second-order valence-corrected chi connectivity index (χ2v) is 5.32. The molecule has 3 rings (SSSR count). The number of nitrogens with zero attached hydrogens (tertiary/aromatic N) is 2. The zero-order valence-corrected chi connectivity index (χ0v) is 11.5. The van der Waals surface area contributed by atoms with E-state index < -0.39 is 11.4 Å². The van der Waals surface area contributed by atoms with Crippen LogP contribution < -0.4 is 5.32 Å². The Morgan fingerprint density at radius 3 is 2.43 bits per heavy atom. The summed E-state index contributed by atoms with van der Waals surface area (Å²) >= 11 is 0. The highest BCUT2D eigenvalue weighted by Gasteiger charge is 2.51. The van der Waals surface area contributed by atoms with Crippen molar-refractivity contribution in [2.75, 3.05) is 5.32 Å². The Kier molecular flexibility index (Phi) is 3.01.